The van der Waals surface area contributed by atoms with E-state index < -0.39 is 24.3 Å². The van der Waals surface area contributed by atoms with Crippen LogP contribution >= 0.6 is 0 Å². The van der Waals surface area contributed by atoms with Gasteiger partial charge in [-0.1, -0.05) is 78.9 Å². The lowest BCUT2D eigenvalue weighted by atomic mass is 9.93. The lowest BCUT2D eigenvalue weighted by Crippen LogP contribution is -2.51. The molecule has 0 spiro atoms. The predicted molar refractivity (Wildman–Crippen MR) is 235 cm³/mol. The summed E-state index contributed by atoms with van der Waals surface area (Å²) in [5, 5.41) is 7.70. The normalized spacial score (nSPS) is 19.9. The highest BCUT2D eigenvalue weighted by atomic mass is 16.5. The molecule has 4 atom stereocenters. The Kier molecular flexibility index (Phi) is 11.5. The number of rotatable bonds is 10. The molecule has 4 N–H and O–H groups in total. The summed E-state index contributed by atoms with van der Waals surface area (Å²) < 4.78 is 9.73. The first-order valence-corrected chi connectivity index (χ1v) is 21.3. The van der Waals surface area contributed by atoms with E-state index in [-0.39, 0.29) is 35.7 Å². The van der Waals surface area contributed by atoms with Crippen LogP contribution in [-0.4, -0.2) is 93.1 Å². The Hall–Kier alpha value is -6.96. The number of allylic oxidation sites excluding steroid dienone is 4. The minimum Gasteiger partial charge on any atom is -0.453 e. The number of carbonyl (C=O) groups excluding carboxylic acids is 4. The number of likely N-dealkylation sites (tertiary alicyclic amines) is 2. The molecule has 0 radical (unpaired) electrons. The molecule has 2 fully saturated rings. The zero-order valence-corrected chi connectivity index (χ0v) is 34.8. The van der Waals surface area contributed by atoms with Crippen molar-refractivity contribution in [2.45, 2.75) is 62.7 Å². The van der Waals surface area contributed by atoms with Crippen LogP contribution in [0, 0.1) is 11.8 Å². The summed E-state index contributed by atoms with van der Waals surface area (Å²) in [6, 6.07) is 16.8. The van der Waals surface area contributed by atoms with E-state index in [1.165, 1.54) is 14.2 Å². The summed E-state index contributed by atoms with van der Waals surface area (Å²) in [6.45, 7) is 1.14. The molecular weight excluding hydrogens is 785 g/mol. The number of alkyl carbamates (subject to hydrolysis) is 2. The van der Waals surface area contributed by atoms with Crippen LogP contribution in [0.2, 0.25) is 0 Å². The number of nitrogens with one attached hydrogen (secondary N) is 4. The molecule has 14 heteroatoms. The molecule has 62 heavy (non-hydrogen) atoms. The first kappa shape index (κ1) is 40.4. The highest BCUT2D eigenvalue weighted by Gasteiger charge is 2.40. The fraction of sp³-hybridized carbons (Fsp3) is 0.333. The van der Waals surface area contributed by atoms with Crippen molar-refractivity contribution in [3.63, 3.8) is 0 Å². The number of methoxy groups -OCH3 is 2. The number of H-pyrrole nitrogens is 2. The second kappa shape index (κ2) is 17.6. The SMILES string of the molecule is COC(=O)N[C@H](C(=O)N1CCC[C@H]1c1ncc(-c2ccc3cc(-c4ccc5nc([C@@H]6CCCN6C(=O)[C@@H](NC(=O)OC)C6C=CCC=C6)[nH]c5c4)ccc3c2)[nH]1)C1C=CCC=C1. The molecule has 3 aromatic carbocycles. The third kappa shape index (κ3) is 8.12. The van der Waals surface area contributed by atoms with E-state index in [2.05, 4.69) is 69.1 Å². The van der Waals surface area contributed by atoms with E-state index in [1.807, 2.05) is 70.7 Å². The number of ether oxygens (including phenoxy) is 2. The highest BCUT2D eigenvalue weighted by molar-refractivity contribution is 5.92. The molecule has 2 aliphatic carbocycles. The van der Waals surface area contributed by atoms with Gasteiger partial charge in [0.05, 0.1) is 49.2 Å². The van der Waals surface area contributed by atoms with Gasteiger partial charge in [0, 0.05) is 30.5 Å². The van der Waals surface area contributed by atoms with Gasteiger partial charge in [-0.15, -0.1) is 0 Å². The number of carbonyl (C=O) groups is 4. The van der Waals surface area contributed by atoms with Crippen molar-refractivity contribution >= 4 is 45.8 Å². The predicted octanol–water partition coefficient (Wildman–Crippen LogP) is 7.81. The summed E-state index contributed by atoms with van der Waals surface area (Å²) in [6.07, 6.45) is 21.1. The number of nitrogens with zero attached hydrogens (tertiary/aromatic N) is 4. The lowest BCUT2D eigenvalue weighted by Gasteiger charge is -2.31. The quantitative estimate of drug-likeness (QED) is 0.103. The number of hydrogen-bond acceptors (Lipinski definition) is 8. The molecule has 2 aromatic heterocycles. The van der Waals surface area contributed by atoms with E-state index in [1.54, 1.807) is 0 Å². The van der Waals surface area contributed by atoms with Gasteiger partial charge in [0.25, 0.3) is 0 Å². The summed E-state index contributed by atoms with van der Waals surface area (Å²) in [4.78, 5) is 73.0. The van der Waals surface area contributed by atoms with E-state index in [0.717, 1.165) is 88.5 Å². The maximum absolute atomic E-state index is 14.0. The fourth-order valence-electron chi connectivity index (χ4n) is 9.29. The van der Waals surface area contributed by atoms with Gasteiger partial charge in [-0.2, -0.15) is 0 Å². The lowest BCUT2D eigenvalue weighted by molar-refractivity contribution is -0.135. The number of amides is 4. The topological polar surface area (TPSA) is 175 Å². The van der Waals surface area contributed by atoms with Crippen molar-refractivity contribution < 1.29 is 28.7 Å². The minimum absolute atomic E-state index is 0.162. The van der Waals surface area contributed by atoms with Crippen LogP contribution in [0.1, 0.15) is 62.3 Å². The standard InChI is InChI=1S/C48H50N8O6/c1-61-47(59)53-41(29-11-5-3-6-12-29)45(57)55-23-9-15-39(55)43-49-28-38(52-43)35-20-19-31-25-32(17-18-33(31)26-35)34-21-22-36-37(27-34)51-44(50-36)40-16-10-24-56(40)46(58)42(54-48(60)62-2)30-13-7-4-8-14-30/h5-8,11-14,17-22,25-30,39-42H,3-4,9-10,15-16,23-24H2,1-2H3,(H,49,52)(H,50,51)(H,53,59)(H,54,60)/t39-,40-,41-,42-/m0/s1. The Morgan fingerprint density at radius 2 is 1.18 bits per heavy atom. The fourth-order valence-corrected chi connectivity index (χ4v) is 9.29. The summed E-state index contributed by atoms with van der Waals surface area (Å²) in [5.41, 5.74) is 5.62. The first-order chi connectivity index (χ1) is 30.3. The molecule has 9 rings (SSSR count). The Morgan fingerprint density at radius 3 is 1.76 bits per heavy atom. The van der Waals surface area contributed by atoms with Crippen molar-refractivity contribution in [2.24, 2.45) is 11.8 Å². The molecule has 4 aliphatic rings. The Bertz CT molecular complexity index is 2620. The molecule has 4 heterocycles. The Labute approximate surface area is 359 Å². The highest BCUT2D eigenvalue weighted by Crippen LogP contribution is 2.36. The molecule has 5 aromatic rings. The van der Waals surface area contributed by atoms with Crippen LogP contribution in [0.5, 0.6) is 0 Å². The maximum atomic E-state index is 14.0. The Morgan fingerprint density at radius 1 is 0.661 bits per heavy atom. The van der Waals surface area contributed by atoms with E-state index in [9.17, 15) is 19.2 Å². The van der Waals surface area contributed by atoms with Crippen LogP contribution in [0.4, 0.5) is 9.59 Å². The average Bonchev–Trinajstić information content (AvgIpc) is 4.16. The number of aromatic amines is 2. The van der Waals surface area contributed by atoms with Crippen molar-refractivity contribution in [2.75, 3.05) is 27.3 Å². The number of benzene rings is 3. The minimum atomic E-state index is -0.785. The summed E-state index contributed by atoms with van der Waals surface area (Å²) in [5.74, 6) is 0.577. The molecule has 4 amide bonds. The van der Waals surface area contributed by atoms with Crippen LogP contribution in [-0.2, 0) is 19.1 Å². The molecule has 0 unspecified atom stereocenters. The van der Waals surface area contributed by atoms with Gasteiger partial charge >= 0.3 is 12.2 Å². The monoisotopic (exact) mass is 834 g/mol. The molecular formula is C48H50N8O6. The van der Waals surface area contributed by atoms with Crippen LogP contribution < -0.4 is 10.6 Å². The maximum Gasteiger partial charge on any atom is 0.407 e. The molecule has 14 nitrogen and oxygen atoms in total. The molecule has 0 bridgehead atoms. The van der Waals surface area contributed by atoms with Gasteiger partial charge in [-0.05, 0) is 84.7 Å². The van der Waals surface area contributed by atoms with Gasteiger partial charge in [-0.25, -0.2) is 19.6 Å². The summed E-state index contributed by atoms with van der Waals surface area (Å²) >= 11 is 0. The van der Waals surface area contributed by atoms with Gasteiger partial charge in [-0.3, -0.25) is 9.59 Å². The third-order valence-electron chi connectivity index (χ3n) is 12.5. The first-order valence-electron chi connectivity index (χ1n) is 21.3. The van der Waals surface area contributed by atoms with E-state index in [0.29, 0.717) is 18.9 Å². The van der Waals surface area contributed by atoms with Gasteiger partial charge in [0.2, 0.25) is 11.8 Å². The molecule has 2 aliphatic heterocycles. The van der Waals surface area contributed by atoms with E-state index >= 15 is 0 Å². The van der Waals surface area contributed by atoms with Gasteiger partial charge in [0.15, 0.2) is 0 Å². The van der Waals surface area contributed by atoms with Crippen molar-refractivity contribution in [1.82, 2.24) is 40.4 Å². The van der Waals surface area contributed by atoms with E-state index in [4.69, 9.17) is 19.4 Å². The Balaban J connectivity index is 0.908. The smallest absolute Gasteiger partial charge is 0.407 e. The number of fused-ring (bicyclic) bond motifs is 2. The molecule has 2 saturated heterocycles. The van der Waals surface area contributed by atoms with Crippen molar-refractivity contribution in [3.05, 3.63) is 121 Å². The number of aromatic nitrogens is 4. The number of imidazole rings is 2. The van der Waals surface area contributed by atoms with Crippen molar-refractivity contribution in [1.29, 1.82) is 0 Å². The average molecular weight is 835 g/mol. The zero-order chi connectivity index (χ0) is 42.7. The van der Waals surface area contributed by atoms with Crippen LogP contribution in [0.25, 0.3) is 44.2 Å². The third-order valence-corrected chi connectivity index (χ3v) is 12.5. The second-order valence-corrected chi connectivity index (χ2v) is 16.3. The second-order valence-electron chi connectivity index (χ2n) is 16.3. The zero-order valence-electron chi connectivity index (χ0n) is 34.8. The van der Waals surface area contributed by atoms with Crippen molar-refractivity contribution in [3.8, 4) is 22.4 Å². The largest absolute Gasteiger partial charge is 0.453 e. The van der Waals surface area contributed by atoms with Gasteiger partial charge < -0.3 is 39.9 Å². The molecule has 318 valence electrons. The number of hydrogen-bond donors (Lipinski definition) is 4. The van der Waals surface area contributed by atoms with Crippen LogP contribution in [0.15, 0.2) is 109 Å². The van der Waals surface area contributed by atoms with Gasteiger partial charge in [0.1, 0.15) is 23.7 Å². The van der Waals surface area contributed by atoms with Crippen LogP contribution in [0.3, 0.4) is 0 Å². The summed E-state index contributed by atoms with van der Waals surface area (Å²) in [7, 11) is 2.60. The molecule has 0 saturated carbocycles.